The fourth-order valence-corrected chi connectivity index (χ4v) is 17.7. The van der Waals surface area contributed by atoms with Gasteiger partial charge in [0.15, 0.2) is 8.07 Å². The summed E-state index contributed by atoms with van der Waals surface area (Å²) in [5.74, 6) is 0. The van der Waals surface area contributed by atoms with Gasteiger partial charge in [0.05, 0.1) is 22.1 Å². The Labute approximate surface area is 411 Å². The molecular formula is C66H44N2SSi. The molecule has 0 aliphatic heterocycles. The van der Waals surface area contributed by atoms with Crippen LogP contribution in [0.15, 0.2) is 267 Å². The van der Waals surface area contributed by atoms with Gasteiger partial charge in [-0.15, -0.1) is 11.3 Å². The van der Waals surface area contributed by atoms with E-state index in [0.717, 1.165) is 11.4 Å². The Morgan fingerprint density at radius 2 is 0.729 bits per heavy atom. The minimum Gasteiger partial charge on any atom is -0.309 e. The van der Waals surface area contributed by atoms with E-state index in [1.165, 1.54) is 107 Å². The molecule has 0 aliphatic carbocycles. The molecule has 0 saturated carbocycles. The van der Waals surface area contributed by atoms with Crippen molar-refractivity contribution in [2.45, 2.75) is 0 Å². The van der Waals surface area contributed by atoms with Gasteiger partial charge in [-0.1, -0.05) is 206 Å². The van der Waals surface area contributed by atoms with Gasteiger partial charge in [-0.2, -0.15) is 0 Å². The number of benzene rings is 11. The first-order valence-corrected chi connectivity index (χ1v) is 26.9. The number of thiophene rings is 1. The SMILES string of the molecule is c1ccc([Si](c2ccccc2)(c2cccc(-c3cccc(-c4cccc5c4sc4ccccc45)c3)c2)c2cccc(-n3c4ccccc4c4cc(-n5c6ccccc6c6ccccc65)ccc43)c2)cc1. The van der Waals surface area contributed by atoms with Gasteiger partial charge in [0, 0.05) is 53.1 Å². The van der Waals surface area contributed by atoms with Gasteiger partial charge in [0.25, 0.3) is 0 Å². The van der Waals surface area contributed by atoms with Crippen LogP contribution < -0.4 is 20.7 Å². The number of hydrogen-bond donors (Lipinski definition) is 0. The van der Waals surface area contributed by atoms with Crippen molar-refractivity contribution in [1.29, 1.82) is 0 Å². The third-order valence-electron chi connectivity index (χ3n) is 14.7. The highest BCUT2D eigenvalue weighted by Gasteiger charge is 2.42. The molecule has 0 atom stereocenters. The first kappa shape index (κ1) is 40.5. The zero-order valence-electron chi connectivity index (χ0n) is 38.2. The lowest BCUT2D eigenvalue weighted by molar-refractivity contribution is 1.17. The van der Waals surface area contributed by atoms with Crippen LogP contribution in [0, 0.1) is 0 Å². The third kappa shape index (κ3) is 6.24. The maximum atomic E-state index is 2.50. The molecule has 3 aromatic heterocycles. The molecule has 0 aliphatic rings. The summed E-state index contributed by atoms with van der Waals surface area (Å²) >= 11 is 1.89. The second-order valence-corrected chi connectivity index (χ2v) is 23.3. The van der Waals surface area contributed by atoms with Crippen LogP contribution >= 0.6 is 11.3 Å². The standard InChI is InChI=1S/C66H44N2SSi/c1-3-23-50(24-4-1)70(51-25-5-2-6-26-51,52-27-16-20-46(42-52)45-19-15-21-47(41-45)54-33-18-34-59-58-32-10-14-38-65(58)69-66(54)59)53-28-17-22-48(43-53)67-63-37-13-9-31-57(63)60-44-49(39-40-64(60)67)68-61-35-11-7-29-55(61)56-30-8-12-36-62(56)68/h1-44H. The summed E-state index contributed by atoms with van der Waals surface area (Å²) in [5.41, 5.74) is 12.0. The molecule has 3 heterocycles. The average molecular weight is 925 g/mol. The van der Waals surface area contributed by atoms with Gasteiger partial charge < -0.3 is 9.13 Å². The quantitative estimate of drug-likeness (QED) is 0.106. The molecular weight excluding hydrogens is 881 g/mol. The predicted octanol–water partition coefficient (Wildman–Crippen LogP) is 15.0. The van der Waals surface area contributed by atoms with E-state index >= 15 is 0 Å². The first-order chi connectivity index (χ1) is 34.7. The van der Waals surface area contributed by atoms with Crippen molar-refractivity contribution in [1.82, 2.24) is 9.13 Å². The van der Waals surface area contributed by atoms with E-state index in [1.807, 2.05) is 11.3 Å². The van der Waals surface area contributed by atoms with E-state index < -0.39 is 8.07 Å². The van der Waals surface area contributed by atoms with Crippen LogP contribution in [-0.4, -0.2) is 17.2 Å². The van der Waals surface area contributed by atoms with Crippen molar-refractivity contribution in [3.63, 3.8) is 0 Å². The zero-order chi connectivity index (χ0) is 46.2. The maximum Gasteiger partial charge on any atom is 0.179 e. The molecule has 0 radical (unpaired) electrons. The zero-order valence-corrected chi connectivity index (χ0v) is 40.0. The van der Waals surface area contributed by atoms with Crippen LogP contribution in [0.2, 0.25) is 0 Å². The monoisotopic (exact) mass is 924 g/mol. The highest BCUT2D eigenvalue weighted by molar-refractivity contribution is 7.26. The second-order valence-electron chi connectivity index (χ2n) is 18.4. The average Bonchev–Trinajstić information content (AvgIpc) is 4.10. The summed E-state index contributed by atoms with van der Waals surface area (Å²) in [6.07, 6.45) is 0. The Balaban J connectivity index is 0.954. The second kappa shape index (κ2) is 16.3. The molecule has 0 bridgehead atoms. The van der Waals surface area contributed by atoms with Crippen LogP contribution in [-0.2, 0) is 0 Å². The summed E-state index contributed by atoms with van der Waals surface area (Å²) < 4.78 is 7.56. The molecule has 14 aromatic rings. The summed E-state index contributed by atoms with van der Waals surface area (Å²) in [5, 5.41) is 13.0. The van der Waals surface area contributed by atoms with E-state index in [9.17, 15) is 0 Å². The predicted molar refractivity (Wildman–Crippen MR) is 302 cm³/mol. The van der Waals surface area contributed by atoms with Gasteiger partial charge in [-0.25, -0.2) is 0 Å². The fourth-order valence-electron chi connectivity index (χ4n) is 11.6. The van der Waals surface area contributed by atoms with Gasteiger partial charge in [-0.3, -0.25) is 0 Å². The molecule has 14 rings (SSSR count). The molecule has 0 spiro atoms. The minimum atomic E-state index is -2.99. The molecule has 4 heteroatoms. The van der Waals surface area contributed by atoms with Gasteiger partial charge in [0.2, 0.25) is 0 Å². The lowest BCUT2D eigenvalue weighted by Gasteiger charge is -2.35. The molecule has 0 amide bonds. The van der Waals surface area contributed by atoms with Crippen molar-refractivity contribution in [3.8, 4) is 33.6 Å². The van der Waals surface area contributed by atoms with E-state index in [4.69, 9.17) is 0 Å². The largest absolute Gasteiger partial charge is 0.309 e. The molecule has 0 N–H and O–H groups in total. The van der Waals surface area contributed by atoms with Crippen molar-refractivity contribution in [3.05, 3.63) is 267 Å². The van der Waals surface area contributed by atoms with Crippen molar-refractivity contribution >= 4 is 104 Å². The Kier molecular flexibility index (Phi) is 9.44. The summed E-state index contributed by atoms with van der Waals surface area (Å²) in [4.78, 5) is 0. The fraction of sp³-hybridized carbons (Fsp3) is 0. The molecule has 0 saturated heterocycles. The third-order valence-corrected chi connectivity index (χ3v) is 20.6. The highest BCUT2D eigenvalue weighted by Crippen LogP contribution is 2.41. The van der Waals surface area contributed by atoms with Crippen molar-refractivity contribution < 1.29 is 0 Å². The van der Waals surface area contributed by atoms with Crippen LogP contribution in [0.5, 0.6) is 0 Å². The summed E-state index contributed by atoms with van der Waals surface area (Å²) in [6, 6.07) is 99.7. The van der Waals surface area contributed by atoms with Gasteiger partial charge >= 0.3 is 0 Å². The lowest BCUT2D eigenvalue weighted by Crippen LogP contribution is -2.74. The molecule has 70 heavy (non-hydrogen) atoms. The Bertz CT molecular complexity index is 4220. The topological polar surface area (TPSA) is 9.86 Å². The number of aromatic nitrogens is 2. The molecule has 11 aromatic carbocycles. The van der Waals surface area contributed by atoms with Gasteiger partial charge in [-0.05, 0) is 104 Å². The van der Waals surface area contributed by atoms with Crippen LogP contribution in [0.1, 0.15) is 0 Å². The molecule has 2 nitrogen and oxygen atoms in total. The minimum absolute atomic E-state index is 1.15. The van der Waals surface area contributed by atoms with Gasteiger partial charge in [0.1, 0.15) is 0 Å². The summed E-state index contributed by atoms with van der Waals surface area (Å²) in [6.45, 7) is 0. The number of hydrogen-bond acceptors (Lipinski definition) is 1. The molecule has 0 fully saturated rings. The Morgan fingerprint density at radius 3 is 1.40 bits per heavy atom. The van der Waals surface area contributed by atoms with Crippen LogP contribution in [0.4, 0.5) is 0 Å². The van der Waals surface area contributed by atoms with Crippen LogP contribution in [0.25, 0.3) is 97.4 Å². The highest BCUT2D eigenvalue weighted by atomic mass is 32.1. The summed E-state index contributed by atoms with van der Waals surface area (Å²) in [7, 11) is -2.99. The van der Waals surface area contributed by atoms with E-state index in [0.29, 0.717) is 0 Å². The van der Waals surface area contributed by atoms with Crippen molar-refractivity contribution in [2.75, 3.05) is 0 Å². The van der Waals surface area contributed by atoms with E-state index in [1.54, 1.807) is 0 Å². The Hall–Kier alpha value is -8.54. The first-order valence-electron chi connectivity index (χ1n) is 24.1. The Morgan fingerprint density at radius 1 is 0.271 bits per heavy atom. The van der Waals surface area contributed by atoms with E-state index in [2.05, 4.69) is 276 Å². The number of rotatable bonds is 8. The lowest BCUT2D eigenvalue weighted by atomic mass is 9.98. The van der Waals surface area contributed by atoms with Crippen molar-refractivity contribution in [2.24, 2.45) is 0 Å². The number of para-hydroxylation sites is 3. The molecule has 0 unspecified atom stereocenters. The smallest absolute Gasteiger partial charge is 0.179 e. The number of fused-ring (bicyclic) bond motifs is 9. The number of nitrogens with zero attached hydrogens (tertiary/aromatic N) is 2. The molecule has 328 valence electrons. The van der Waals surface area contributed by atoms with Crippen LogP contribution in [0.3, 0.4) is 0 Å². The normalized spacial score (nSPS) is 12.0. The van der Waals surface area contributed by atoms with E-state index in [-0.39, 0.29) is 0 Å². The maximum absolute atomic E-state index is 2.99.